The van der Waals surface area contributed by atoms with Gasteiger partial charge in [0, 0.05) is 32.9 Å². The molecule has 0 unspecified atom stereocenters. The van der Waals surface area contributed by atoms with Crippen molar-refractivity contribution in [3.05, 3.63) is 241 Å². The monoisotopic (exact) mass is 814 g/mol. The Morgan fingerprint density at radius 3 is 1.41 bits per heavy atom. The number of fused-ring (bicyclic) bond motifs is 11. The lowest BCUT2D eigenvalue weighted by Gasteiger charge is -2.29. The fourth-order valence-corrected chi connectivity index (χ4v) is 10.7. The Bertz CT molecular complexity index is 3750. The Morgan fingerprint density at radius 2 is 0.781 bits per heavy atom. The summed E-state index contributed by atoms with van der Waals surface area (Å²) in [6, 6.07) is 76.6. The molecular formula is C62H42N2. The molecule has 300 valence electrons. The van der Waals surface area contributed by atoms with Gasteiger partial charge in [-0.15, -0.1) is 0 Å². The van der Waals surface area contributed by atoms with Gasteiger partial charge in [0.2, 0.25) is 0 Å². The van der Waals surface area contributed by atoms with E-state index in [2.05, 4.69) is 240 Å². The highest BCUT2D eigenvalue weighted by Crippen LogP contribution is 2.49. The zero-order chi connectivity index (χ0) is 42.1. The molecule has 2 aliphatic carbocycles. The Labute approximate surface area is 372 Å². The highest BCUT2D eigenvalue weighted by molar-refractivity contribution is 6.16. The lowest BCUT2D eigenvalue weighted by molar-refractivity contribution is 1.23. The van der Waals surface area contributed by atoms with Crippen LogP contribution in [0, 0.1) is 0 Å². The van der Waals surface area contributed by atoms with Gasteiger partial charge >= 0.3 is 0 Å². The van der Waals surface area contributed by atoms with E-state index in [0.717, 1.165) is 24.2 Å². The first kappa shape index (κ1) is 36.5. The number of hydrogen-bond donors (Lipinski definition) is 0. The molecule has 0 spiro atoms. The summed E-state index contributed by atoms with van der Waals surface area (Å²) in [5.74, 6) is 0. The van der Waals surface area contributed by atoms with Crippen molar-refractivity contribution >= 4 is 100 Å². The molecule has 0 amide bonds. The van der Waals surface area contributed by atoms with E-state index in [-0.39, 0.29) is 0 Å². The summed E-state index contributed by atoms with van der Waals surface area (Å²) in [7, 11) is 0. The van der Waals surface area contributed by atoms with E-state index in [9.17, 15) is 0 Å². The summed E-state index contributed by atoms with van der Waals surface area (Å²) < 4.78 is 0. The van der Waals surface area contributed by atoms with E-state index < -0.39 is 0 Å². The van der Waals surface area contributed by atoms with Crippen LogP contribution in [0.4, 0.5) is 34.1 Å². The van der Waals surface area contributed by atoms with E-state index in [0.29, 0.717) is 0 Å². The van der Waals surface area contributed by atoms with Crippen LogP contribution in [0.25, 0.3) is 77.1 Å². The fourth-order valence-electron chi connectivity index (χ4n) is 10.7. The van der Waals surface area contributed by atoms with Crippen molar-refractivity contribution in [1.82, 2.24) is 0 Å². The van der Waals surface area contributed by atoms with E-state index in [1.165, 1.54) is 110 Å². The highest BCUT2D eigenvalue weighted by Gasteiger charge is 2.26. The molecule has 0 bridgehead atoms. The van der Waals surface area contributed by atoms with Crippen LogP contribution in [0.1, 0.15) is 28.7 Å². The molecule has 11 aromatic rings. The largest absolute Gasteiger partial charge is 0.309 e. The highest BCUT2D eigenvalue weighted by atomic mass is 15.2. The molecular weight excluding hydrogens is 773 g/mol. The third-order valence-electron chi connectivity index (χ3n) is 13.6. The molecule has 0 N–H and O–H groups in total. The van der Waals surface area contributed by atoms with Crippen LogP contribution in [0.15, 0.2) is 218 Å². The Hall–Kier alpha value is -8.20. The minimum atomic E-state index is 0.843. The second kappa shape index (κ2) is 14.7. The maximum absolute atomic E-state index is 2.51. The van der Waals surface area contributed by atoms with Crippen molar-refractivity contribution in [2.45, 2.75) is 12.8 Å². The second-order valence-corrected chi connectivity index (χ2v) is 17.2. The third kappa shape index (κ3) is 5.80. The quantitative estimate of drug-likeness (QED) is 0.154. The first-order valence-corrected chi connectivity index (χ1v) is 22.4. The van der Waals surface area contributed by atoms with Crippen LogP contribution in [0.2, 0.25) is 0 Å². The van der Waals surface area contributed by atoms with E-state index in [1.54, 1.807) is 0 Å². The Balaban J connectivity index is 0.983. The van der Waals surface area contributed by atoms with Crippen molar-refractivity contribution in [3.63, 3.8) is 0 Å². The summed E-state index contributed by atoms with van der Waals surface area (Å²) in [6.45, 7) is 0. The van der Waals surface area contributed by atoms with Crippen molar-refractivity contribution in [2.75, 3.05) is 9.80 Å². The third-order valence-corrected chi connectivity index (χ3v) is 13.6. The van der Waals surface area contributed by atoms with Gasteiger partial charge in [-0.1, -0.05) is 182 Å². The van der Waals surface area contributed by atoms with Crippen LogP contribution in [0.3, 0.4) is 0 Å². The maximum atomic E-state index is 2.51. The standard InChI is InChI=1S/C62H42N2/c1-2-18-43-39-61(57-28-12-10-26-55(57)49(43)22-3-1)63(59-30-14-20-41-16-4-8-24-53(41)59)47-32-34-51-45(37-47)36-46-38-48(33-35-52(46)51)64(60-31-15-21-42-17-5-9-25-54(42)60)62-40-44-19-6-7-23-50(44)56-27-11-13-29-58(56)62/h2-35,37-40H,1,36H2. The van der Waals surface area contributed by atoms with Gasteiger partial charge in [-0.05, 0) is 127 Å². The molecule has 64 heavy (non-hydrogen) atoms. The average molecular weight is 815 g/mol. The minimum Gasteiger partial charge on any atom is -0.309 e. The van der Waals surface area contributed by atoms with Gasteiger partial charge in [-0.25, -0.2) is 0 Å². The fraction of sp³-hybridized carbons (Fsp3) is 0.0323. The molecule has 2 aliphatic rings. The summed E-state index contributed by atoms with van der Waals surface area (Å²) in [5, 5.41) is 12.4. The molecule has 2 nitrogen and oxygen atoms in total. The summed E-state index contributed by atoms with van der Waals surface area (Å²) in [5.41, 5.74) is 14.8. The zero-order valence-corrected chi connectivity index (χ0v) is 35.2. The van der Waals surface area contributed by atoms with Crippen molar-refractivity contribution in [3.8, 4) is 11.1 Å². The van der Waals surface area contributed by atoms with Crippen molar-refractivity contribution in [1.29, 1.82) is 0 Å². The average Bonchev–Trinajstić information content (AvgIpc) is 3.54. The second-order valence-electron chi connectivity index (χ2n) is 17.2. The van der Waals surface area contributed by atoms with Gasteiger partial charge in [0.1, 0.15) is 0 Å². The van der Waals surface area contributed by atoms with E-state index >= 15 is 0 Å². The first-order chi connectivity index (χ1) is 31.7. The lowest BCUT2D eigenvalue weighted by atomic mass is 9.95. The summed E-state index contributed by atoms with van der Waals surface area (Å²) in [6.07, 6.45) is 10.9. The van der Waals surface area contributed by atoms with Gasteiger partial charge < -0.3 is 9.80 Å². The van der Waals surface area contributed by atoms with Gasteiger partial charge in [0.25, 0.3) is 0 Å². The number of anilines is 6. The molecule has 0 saturated heterocycles. The molecule has 0 heterocycles. The zero-order valence-electron chi connectivity index (χ0n) is 35.2. The van der Waals surface area contributed by atoms with Crippen molar-refractivity contribution < 1.29 is 0 Å². The number of rotatable bonds is 6. The van der Waals surface area contributed by atoms with Gasteiger partial charge in [-0.2, -0.15) is 0 Å². The smallest absolute Gasteiger partial charge is 0.0546 e. The maximum Gasteiger partial charge on any atom is 0.0546 e. The molecule has 0 aromatic heterocycles. The first-order valence-electron chi connectivity index (χ1n) is 22.4. The van der Waals surface area contributed by atoms with Gasteiger partial charge in [-0.3, -0.25) is 0 Å². The molecule has 13 rings (SSSR count). The van der Waals surface area contributed by atoms with Crippen LogP contribution in [-0.2, 0) is 6.42 Å². The molecule has 0 radical (unpaired) electrons. The summed E-state index contributed by atoms with van der Waals surface area (Å²) in [4.78, 5) is 5.01. The Kier molecular flexibility index (Phi) is 8.39. The topological polar surface area (TPSA) is 6.48 Å². The SMILES string of the molecule is C1=Cc2cc(N(c3ccc4c(c3)Cc3cc(N(c5cccc6ccccc56)c5cc6ccccc6c6ccccc56)ccc3-4)c3cccc4ccccc34)c3ccccc3c2C=CC1. The minimum absolute atomic E-state index is 0.843. The number of benzene rings is 11. The lowest BCUT2D eigenvalue weighted by Crippen LogP contribution is -2.12. The van der Waals surface area contributed by atoms with Crippen molar-refractivity contribution in [2.24, 2.45) is 0 Å². The van der Waals surface area contributed by atoms with Gasteiger partial charge in [0.05, 0.1) is 22.7 Å². The number of nitrogens with zero attached hydrogens (tertiary/aromatic N) is 2. The predicted octanol–water partition coefficient (Wildman–Crippen LogP) is 17.4. The molecule has 0 fully saturated rings. The number of hydrogen-bond acceptors (Lipinski definition) is 2. The number of allylic oxidation sites excluding steroid dienone is 2. The predicted molar refractivity (Wildman–Crippen MR) is 274 cm³/mol. The van der Waals surface area contributed by atoms with Crippen LogP contribution in [0.5, 0.6) is 0 Å². The molecule has 0 saturated carbocycles. The normalized spacial score (nSPS) is 12.8. The van der Waals surface area contributed by atoms with E-state index in [4.69, 9.17) is 0 Å². The van der Waals surface area contributed by atoms with Gasteiger partial charge in [0.15, 0.2) is 0 Å². The van der Waals surface area contributed by atoms with Crippen LogP contribution in [-0.4, -0.2) is 0 Å². The molecule has 0 atom stereocenters. The Morgan fingerprint density at radius 1 is 0.312 bits per heavy atom. The molecule has 0 aliphatic heterocycles. The van der Waals surface area contributed by atoms with Crippen LogP contribution < -0.4 is 9.80 Å². The summed E-state index contributed by atoms with van der Waals surface area (Å²) >= 11 is 0. The molecule has 11 aromatic carbocycles. The molecule has 2 heteroatoms. The van der Waals surface area contributed by atoms with Crippen LogP contribution >= 0.6 is 0 Å². The van der Waals surface area contributed by atoms with E-state index in [1.807, 2.05) is 0 Å².